The lowest BCUT2D eigenvalue weighted by Crippen LogP contribution is -2.44. The van der Waals surface area contributed by atoms with Gasteiger partial charge in [-0.3, -0.25) is 9.59 Å². The van der Waals surface area contributed by atoms with Crippen LogP contribution in [0.1, 0.15) is 34.8 Å². The van der Waals surface area contributed by atoms with E-state index in [1.165, 1.54) is 11.9 Å². The molecule has 9 nitrogen and oxygen atoms in total. The first-order valence-corrected chi connectivity index (χ1v) is 14.8. The van der Waals surface area contributed by atoms with Crippen molar-refractivity contribution in [1.29, 1.82) is 0 Å². The van der Waals surface area contributed by atoms with E-state index in [4.69, 9.17) is 16.6 Å². The highest BCUT2D eigenvalue weighted by Gasteiger charge is 2.19. The number of nitrogens with one attached hydrogen (secondary N) is 3. The fourth-order valence-electron chi connectivity index (χ4n) is 4.89. The Morgan fingerprint density at radius 3 is 2.40 bits per heavy atom. The Bertz CT molecular complexity index is 1580. The number of nitrogens with zero attached hydrogens (tertiary/aromatic N) is 4. The molecule has 1 aliphatic heterocycles. The van der Waals surface area contributed by atoms with Gasteiger partial charge in [-0.25, -0.2) is 4.98 Å². The minimum Gasteiger partial charge on any atom is -0.369 e. The summed E-state index contributed by atoms with van der Waals surface area (Å²) in [5.74, 6) is 0.322. The van der Waals surface area contributed by atoms with E-state index in [2.05, 4.69) is 49.9 Å². The van der Waals surface area contributed by atoms with Gasteiger partial charge in [0.25, 0.3) is 5.91 Å². The molecule has 0 saturated carbocycles. The van der Waals surface area contributed by atoms with Crippen molar-refractivity contribution >= 4 is 57.8 Å². The molecule has 0 atom stereocenters. The minimum absolute atomic E-state index is 0.117. The number of halogens is 1. The number of hydrogen-bond donors (Lipinski definition) is 3. The number of anilines is 6. The van der Waals surface area contributed by atoms with E-state index >= 15 is 0 Å². The summed E-state index contributed by atoms with van der Waals surface area (Å²) in [6.45, 7) is 7.77. The number of rotatable bonds is 10. The van der Waals surface area contributed by atoms with Gasteiger partial charge < -0.3 is 25.8 Å². The summed E-state index contributed by atoms with van der Waals surface area (Å²) in [6, 6.07) is 21.1. The number of carbonyl (C=O) groups is 2. The van der Waals surface area contributed by atoms with Gasteiger partial charge in [0.1, 0.15) is 17.2 Å². The van der Waals surface area contributed by atoms with Crippen LogP contribution in [0.25, 0.3) is 0 Å². The zero-order valence-electron chi connectivity index (χ0n) is 24.7. The largest absolute Gasteiger partial charge is 0.369 e. The molecule has 222 valence electrons. The zero-order chi connectivity index (χ0) is 30.3. The van der Waals surface area contributed by atoms with Crippen LogP contribution in [0.3, 0.4) is 0 Å². The van der Waals surface area contributed by atoms with E-state index in [-0.39, 0.29) is 17.8 Å². The first-order valence-electron chi connectivity index (χ1n) is 14.4. The van der Waals surface area contributed by atoms with Crippen molar-refractivity contribution in [3.05, 3.63) is 94.6 Å². The normalized spacial score (nSPS) is 13.4. The third kappa shape index (κ3) is 7.49. The second-order valence-electron chi connectivity index (χ2n) is 10.7. The van der Waals surface area contributed by atoms with E-state index in [9.17, 15) is 9.59 Å². The fraction of sp³-hybridized carbons (Fsp3) is 0.273. The summed E-state index contributed by atoms with van der Waals surface area (Å²) in [5.41, 5.74) is 5.08. The van der Waals surface area contributed by atoms with E-state index < -0.39 is 5.91 Å². The summed E-state index contributed by atoms with van der Waals surface area (Å²) in [4.78, 5) is 39.7. The molecular formula is C33H36ClN7O2. The zero-order valence-corrected chi connectivity index (χ0v) is 25.4. The second-order valence-corrected chi connectivity index (χ2v) is 11.1. The lowest BCUT2D eigenvalue weighted by Gasteiger charge is -2.34. The summed E-state index contributed by atoms with van der Waals surface area (Å²) < 4.78 is 0. The monoisotopic (exact) mass is 597 g/mol. The van der Waals surface area contributed by atoms with E-state index in [0.29, 0.717) is 34.6 Å². The molecule has 0 unspecified atom stereocenters. The Morgan fingerprint density at radius 2 is 1.67 bits per heavy atom. The number of amides is 1. The van der Waals surface area contributed by atoms with Crippen molar-refractivity contribution in [3.63, 3.8) is 0 Å². The molecule has 0 spiro atoms. The number of benzene rings is 3. The topological polar surface area (TPSA) is 102 Å². The van der Waals surface area contributed by atoms with Crippen molar-refractivity contribution in [2.24, 2.45) is 0 Å². The number of piperazine rings is 1. The number of hydrogen-bond acceptors (Lipinski definition) is 8. The van der Waals surface area contributed by atoms with Crippen LogP contribution in [0.4, 0.5) is 34.5 Å². The number of ketones is 1. The lowest BCUT2D eigenvalue weighted by molar-refractivity contribution is -0.118. The predicted octanol–water partition coefficient (Wildman–Crippen LogP) is 6.45. The summed E-state index contributed by atoms with van der Waals surface area (Å²) in [5, 5.41) is 9.91. The number of aryl methyl sites for hydroxylation is 1. The maximum absolute atomic E-state index is 13.5. The average molecular weight is 598 g/mol. The molecule has 3 aromatic carbocycles. The molecule has 10 heteroatoms. The number of Topliss-reactive ketones (excluding diaryl/α,β-unsaturated/α-hetero) is 1. The molecule has 0 aliphatic carbocycles. The third-order valence-corrected chi connectivity index (χ3v) is 7.85. The van der Waals surface area contributed by atoms with Gasteiger partial charge in [0.2, 0.25) is 5.95 Å². The Labute approximate surface area is 257 Å². The van der Waals surface area contributed by atoms with Crippen LogP contribution in [0.2, 0.25) is 5.02 Å². The van der Waals surface area contributed by atoms with Gasteiger partial charge in [-0.15, -0.1) is 0 Å². The van der Waals surface area contributed by atoms with Gasteiger partial charge in [0.15, 0.2) is 0 Å². The van der Waals surface area contributed by atoms with Crippen LogP contribution in [-0.2, 0) is 11.2 Å². The molecule has 1 saturated heterocycles. The highest BCUT2D eigenvalue weighted by Crippen LogP contribution is 2.29. The average Bonchev–Trinajstić information content (AvgIpc) is 3.01. The Morgan fingerprint density at radius 1 is 0.930 bits per heavy atom. The Hall–Kier alpha value is -4.47. The molecule has 4 aromatic rings. The second kappa shape index (κ2) is 13.7. The number of likely N-dealkylation sites (N-methyl/N-ethyl adjacent to an activating group) is 1. The Balaban J connectivity index is 1.43. The van der Waals surface area contributed by atoms with Crippen LogP contribution < -0.4 is 20.9 Å². The smallest absolute Gasteiger partial charge is 0.261 e. The van der Waals surface area contributed by atoms with Crippen LogP contribution in [0.15, 0.2) is 72.9 Å². The molecule has 0 bridgehead atoms. The van der Waals surface area contributed by atoms with Crippen molar-refractivity contribution in [1.82, 2.24) is 14.9 Å². The van der Waals surface area contributed by atoms with Crippen molar-refractivity contribution in [3.8, 4) is 0 Å². The number of aromatic nitrogens is 2. The van der Waals surface area contributed by atoms with Gasteiger partial charge in [-0.1, -0.05) is 48.9 Å². The summed E-state index contributed by atoms with van der Waals surface area (Å²) in [7, 11) is 2.14. The SMILES string of the molecule is CCC(=O)Cc1ccccc1Nc1nc(Nc2ccc(N3CCN(C)CC3)cc2)ncc1C(=O)Nc1c(C)cccc1Cl. The first-order chi connectivity index (χ1) is 20.8. The van der Waals surface area contributed by atoms with E-state index in [0.717, 1.165) is 43.0 Å². The molecule has 43 heavy (non-hydrogen) atoms. The van der Waals surface area contributed by atoms with Crippen molar-refractivity contribution in [2.75, 3.05) is 54.1 Å². The molecular weight excluding hydrogens is 562 g/mol. The Kier molecular flexibility index (Phi) is 9.54. The van der Waals surface area contributed by atoms with Gasteiger partial charge in [-0.05, 0) is 61.5 Å². The van der Waals surface area contributed by atoms with E-state index in [1.54, 1.807) is 6.07 Å². The highest BCUT2D eigenvalue weighted by molar-refractivity contribution is 6.34. The quantitative estimate of drug-likeness (QED) is 0.192. The number of carbonyl (C=O) groups excluding carboxylic acids is 2. The number of para-hydroxylation sites is 2. The first kappa shape index (κ1) is 30.0. The van der Waals surface area contributed by atoms with Crippen LogP contribution >= 0.6 is 11.6 Å². The van der Waals surface area contributed by atoms with Gasteiger partial charge >= 0.3 is 0 Å². The minimum atomic E-state index is -0.413. The van der Waals surface area contributed by atoms with Crippen LogP contribution in [0, 0.1) is 6.92 Å². The molecule has 5 rings (SSSR count). The molecule has 0 radical (unpaired) electrons. The molecule has 3 N–H and O–H groups in total. The maximum Gasteiger partial charge on any atom is 0.261 e. The van der Waals surface area contributed by atoms with Crippen LogP contribution in [0.5, 0.6) is 0 Å². The fourth-order valence-corrected chi connectivity index (χ4v) is 5.15. The van der Waals surface area contributed by atoms with E-state index in [1.807, 2.05) is 62.4 Å². The third-order valence-electron chi connectivity index (χ3n) is 7.54. The maximum atomic E-state index is 13.5. The molecule has 2 heterocycles. The van der Waals surface area contributed by atoms with Gasteiger partial charge in [-0.2, -0.15) is 4.98 Å². The summed E-state index contributed by atoms with van der Waals surface area (Å²) >= 11 is 6.39. The molecule has 1 aliphatic rings. The standard InChI is InChI=1S/C33H36ClN7O2/c1-4-26(42)20-23-9-5-6-11-29(23)37-31-27(32(43)38-30-22(2)8-7-10-28(30)34)21-35-33(39-31)36-24-12-14-25(15-13-24)41-18-16-40(3)17-19-41/h5-15,21H,4,16-20H2,1-3H3,(H,38,43)(H2,35,36,37,39). The molecule has 1 fully saturated rings. The van der Waals surface area contributed by atoms with Gasteiger partial charge in [0.05, 0.1) is 10.7 Å². The van der Waals surface area contributed by atoms with Crippen molar-refractivity contribution < 1.29 is 9.59 Å². The van der Waals surface area contributed by atoms with Gasteiger partial charge in [0, 0.05) is 62.3 Å². The van der Waals surface area contributed by atoms with Crippen molar-refractivity contribution in [2.45, 2.75) is 26.7 Å². The highest BCUT2D eigenvalue weighted by atomic mass is 35.5. The lowest BCUT2D eigenvalue weighted by atomic mass is 10.1. The summed E-state index contributed by atoms with van der Waals surface area (Å²) in [6.07, 6.45) is 2.20. The molecule has 1 amide bonds. The van der Waals surface area contributed by atoms with Crippen LogP contribution in [-0.4, -0.2) is 59.8 Å². The molecule has 1 aromatic heterocycles. The predicted molar refractivity (Wildman–Crippen MR) is 174 cm³/mol.